The molecule has 2 aromatic rings. The molecule has 0 amide bonds. The van der Waals surface area contributed by atoms with E-state index < -0.39 is 40.7 Å². The quantitative estimate of drug-likeness (QED) is 0.859. The van der Waals surface area contributed by atoms with E-state index in [9.17, 15) is 22.4 Å². The second-order valence-corrected chi connectivity index (χ2v) is 3.89. The van der Waals surface area contributed by atoms with Crippen LogP contribution in [0.5, 0.6) is 0 Å². The smallest absolute Gasteiger partial charge is 0.417 e. The van der Waals surface area contributed by atoms with E-state index in [4.69, 9.17) is 9.52 Å². The SMILES string of the molecule is Cc1oc(-c2c(F)cccc2C(F)(F)F)nc1C(=O)O. The molecule has 1 aromatic heterocycles. The third-order valence-electron chi connectivity index (χ3n) is 2.53. The molecule has 0 saturated heterocycles. The van der Waals surface area contributed by atoms with Crippen LogP contribution < -0.4 is 0 Å². The number of alkyl halides is 3. The summed E-state index contributed by atoms with van der Waals surface area (Å²) in [6.07, 6.45) is -4.82. The molecule has 0 spiro atoms. The van der Waals surface area contributed by atoms with Crippen LogP contribution in [0, 0.1) is 12.7 Å². The van der Waals surface area contributed by atoms with Crippen LogP contribution in [-0.2, 0) is 6.18 Å². The minimum absolute atomic E-state index is 0.205. The van der Waals surface area contributed by atoms with Crippen LogP contribution in [0.25, 0.3) is 11.5 Å². The Bertz CT molecular complexity index is 676. The molecule has 1 aromatic carbocycles. The van der Waals surface area contributed by atoms with E-state index >= 15 is 0 Å². The van der Waals surface area contributed by atoms with Gasteiger partial charge in [0.05, 0.1) is 11.1 Å². The maximum Gasteiger partial charge on any atom is 0.417 e. The van der Waals surface area contributed by atoms with E-state index in [0.29, 0.717) is 6.07 Å². The van der Waals surface area contributed by atoms with Gasteiger partial charge in [-0.3, -0.25) is 0 Å². The molecular formula is C12H7F4NO3. The van der Waals surface area contributed by atoms with Gasteiger partial charge in [-0.25, -0.2) is 14.2 Å². The number of carboxylic acids is 1. The number of carboxylic acid groups (broad SMARTS) is 1. The maximum atomic E-state index is 13.7. The van der Waals surface area contributed by atoms with Crippen molar-refractivity contribution < 1.29 is 31.9 Å². The number of aromatic nitrogens is 1. The van der Waals surface area contributed by atoms with Gasteiger partial charge in [-0.2, -0.15) is 13.2 Å². The maximum absolute atomic E-state index is 13.7. The molecule has 0 atom stereocenters. The Morgan fingerprint density at radius 1 is 1.35 bits per heavy atom. The first kappa shape index (κ1) is 14.0. The van der Waals surface area contributed by atoms with Crippen LogP contribution in [0.3, 0.4) is 0 Å². The molecule has 0 aliphatic rings. The molecule has 0 aliphatic carbocycles. The number of carbonyl (C=O) groups is 1. The number of hydrogen-bond donors (Lipinski definition) is 1. The van der Waals surface area contributed by atoms with Crippen LogP contribution >= 0.6 is 0 Å². The lowest BCUT2D eigenvalue weighted by Crippen LogP contribution is -2.08. The van der Waals surface area contributed by atoms with Crippen molar-refractivity contribution in [1.29, 1.82) is 0 Å². The summed E-state index contributed by atoms with van der Waals surface area (Å²) in [5, 5.41) is 8.79. The molecule has 1 N–H and O–H groups in total. The summed E-state index contributed by atoms with van der Waals surface area (Å²) in [6.45, 7) is 1.22. The van der Waals surface area contributed by atoms with Crippen molar-refractivity contribution in [2.24, 2.45) is 0 Å². The van der Waals surface area contributed by atoms with Crippen molar-refractivity contribution in [3.63, 3.8) is 0 Å². The van der Waals surface area contributed by atoms with Gasteiger partial charge in [-0.1, -0.05) is 6.07 Å². The molecular weight excluding hydrogens is 282 g/mol. The second kappa shape index (κ2) is 4.62. The largest absolute Gasteiger partial charge is 0.476 e. The van der Waals surface area contributed by atoms with Crippen LogP contribution in [0.2, 0.25) is 0 Å². The number of oxazole rings is 1. The van der Waals surface area contributed by atoms with Gasteiger partial charge < -0.3 is 9.52 Å². The number of rotatable bonds is 2. The molecule has 0 fully saturated rings. The zero-order chi connectivity index (χ0) is 15.1. The molecule has 0 saturated carbocycles. The van der Waals surface area contributed by atoms with E-state index in [1.807, 2.05) is 0 Å². The number of aromatic carboxylic acids is 1. The molecule has 1 heterocycles. The third-order valence-corrected chi connectivity index (χ3v) is 2.53. The van der Waals surface area contributed by atoms with Gasteiger partial charge in [-0.15, -0.1) is 0 Å². The fourth-order valence-electron chi connectivity index (χ4n) is 1.68. The van der Waals surface area contributed by atoms with Gasteiger partial charge in [0, 0.05) is 0 Å². The highest BCUT2D eigenvalue weighted by Crippen LogP contribution is 2.38. The fourth-order valence-corrected chi connectivity index (χ4v) is 1.68. The van der Waals surface area contributed by atoms with Crippen molar-refractivity contribution in [2.75, 3.05) is 0 Å². The van der Waals surface area contributed by atoms with Crippen molar-refractivity contribution in [1.82, 2.24) is 4.98 Å². The second-order valence-electron chi connectivity index (χ2n) is 3.89. The number of hydrogen-bond acceptors (Lipinski definition) is 3. The van der Waals surface area contributed by atoms with Crippen molar-refractivity contribution in [3.05, 3.63) is 41.0 Å². The molecule has 20 heavy (non-hydrogen) atoms. The van der Waals surface area contributed by atoms with Crippen LogP contribution in [0.1, 0.15) is 21.8 Å². The summed E-state index contributed by atoms with van der Waals surface area (Å²) in [7, 11) is 0. The summed E-state index contributed by atoms with van der Waals surface area (Å²) in [6, 6.07) is 2.37. The molecule has 4 nitrogen and oxygen atoms in total. The van der Waals surface area contributed by atoms with E-state index in [1.54, 1.807) is 0 Å². The van der Waals surface area contributed by atoms with E-state index in [0.717, 1.165) is 12.1 Å². The average molecular weight is 289 g/mol. The molecule has 8 heteroatoms. The number of aryl methyl sites for hydroxylation is 1. The Kier molecular flexibility index (Phi) is 3.24. The first-order valence-electron chi connectivity index (χ1n) is 5.28. The number of nitrogens with zero attached hydrogens (tertiary/aromatic N) is 1. The molecule has 0 unspecified atom stereocenters. The summed E-state index contributed by atoms with van der Waals surface area (Å²) in [5.74, 6) is -3.59. The minimum Gasteiger partial charge on any atom is -0.476 e. The van der Waals surface area contributed by atoms with Crippen molar-refractivity contribution in [2.45, 2.75) is 13.1 Å². The summed E-state index contributed by atoms with van der Waals surface area (Å²) in [5.41, 5.74) is -2.75. The third kappa shape index (κ3) is 2.36. The lowest BCUT2D eigenvalue weighted by Gasteiger charge is -2.10. The van der Waals surface area contributed by atoms with Gasteiger partial charge in [-0.05, 0) is 19.1 Å². The van der Waals surface area contributed by atoms with E-state index in [2.05, 4.69) is 4.98 Å². The highest BCUT2D eigenvalue weighted by Gasteiger charge is 2.37. The molecule has 0 bridgehead atoms. The standard InChI is InChI=1S/C12H7F4NO3/c1-5-9(11(18)19)17-10(20-5)8-6(12(14,15)16)3-2-4-7(8)13/h2-4H,1H3,(H,18,19). The van der Waals surface area contributed by atoms with Gasteiger partial charge in [0.15, 0.2) is 5.69 Å². The zero-order valence-electron chi connectivity index (χ0n) is 9.95. The summed E-state index contributed by atoms with van der Waals surface area (Å²) in [4.78, 5) is 14.2. The number of halogens is 4. The fraction of sp³-hybridized carbons (Fsp3) is 0.167. The Hall–Kier alpha value is -2.38. The predicted molar refractivity (Wildman–Crippen MR) is 58.6 cm³/mol. The number of benzene rings is 1. The topological polar surface area (TPSA) is 63.3 Å². The zero-order valence-corrected chi connectivity index (χ0v) is 9.95. The highest BCUT2D eigenvalue weighted by atomic mass is 19.4. The van der Waals surface area contributed by atoms with Gasteiger partial charge in [0.1, 0.15) is 11.6 Å². The molecule has 106 valence electrons. The van der Waals surface area contributed by atoms with Crippen LogP contribution in [0.4, 0.5) is 17.6 Å². The highest BCUT2D eigenvalue weighted by molar-refractivity contribution is 5.87. The van der Waals surface area contributed by atoms with Crippen LogP contribution in [0.15, 0.2) is 22.6 Å². The Morgan fingerprint density at radius 2 is 2.00 bits per heavy atom. The normalized spacial score (nSPS) is 11.7. The molecule has 0 aliphatic heterocycles. The monoisotopic (exact) mass is 289 g/mol. The van der Waals surface area contributed by atoms with Gasteiger partial charge in [0.25, 0.3) is 0 Å². The minimum atomic E-state index is -4.82. The molecule has 0 radical (unpaired) electrons. The first-order valence-corrected chi connectivity index (χ1v) is 5.28. The average Bonchev–Trinajstić information content (AvgIpc) is 2.69. The van der Waals surface area contributed by atoms with Gasteiger partial charge >= 0.3 is 12.1 Å². The summed E-state index contributed by atoms with van der Waals surface area (Å²) < 4.78 is 57.0. The van der Waals surface area contributed by atoms with Crippen LogP contribution in [-0.4, -0.2) is 16.1 Å². The molecule has 2 rings (SSSR count). The van der Waals surface area contributed by atoms with Gasteiger partial charge in [0.2, 0.25) is 5.89 Å². The first-order chi connectivity index (χ1) is 9.21. The Labute approximate surface area is 109 Å². The van der Waals surface area contributed by atoms with Crippen molar-refractivity contribution >= 4 is 5.97 Å². The Morgan fingerprint density at radius 3 is 2.50 bits per heavy atom. The summed E-state index contributed by atoms with van der Waals surface area (Å²) >= 11 is 0. The van der Waals surface area contributed by atoms with E-state index in [1.165, 1.54) is 6.92 Å². The van der Waals surface area contributed by atoms with Crippen molar-refractivity contribution in [3.8, 4) is 11.5 Å². The predicted octanol–water partition coefficient (Wildman–Crippen LogP) is 3.51. The lowest BCUT2D eigenvalue weighted by molar-refractivity contribution is -0.137. The van der Waals surface area contributed by atoms with E-state index in [-0.39, 0.29) is 5.76 Å². The lowest BCUT2D eigenvalue weighted by atomic mass is 10.1. The Balaban J connectivity index is 2.70.